The predicted octanol–water partition coefficient (Wildman–Crippen LogP) is 0.520. The van der Waals surface area contributed by atoms with Gasteiger partial charge in [0.1, 0.15) is 12.3 Å². The minimum absolute atomic E-state index is 0.165. The van der Waals surface area contributed by atoms with Crippen LogP contribution in [0, 0.1) is 6.20 Å². The minimum atomic E-state index is 0.165. The largest absolute Gasteiger partial charge is 0.394 e. The van der Waals surface area contributed by atoms with Crippen molar-refractivity contribution < 1.29 is 4.84 Å². The lowest BCUT2D eigenvalue weighted by atomic mass is 10.5. The van der Waals surface area contributed by atoms with Crippen molar-refractivity contribution in [2.75, 3.05) is 0 Å². The zero-order valence-electron chi connectivity index (χ0n) is 5.53. The molecule has 9 heavy (non-hydrogen) atoms. The molecule has 0 saturated heterocycles. The molecule has 0 saturated carbocycles. The molecule has 0 aliphatic heterocycles. The number of nitrogens with zero attached hydrogens (tertiary/aromatic N) is 2. The molecule has 49 valence electrons. The second kappa shape index (κ2) is 2.53. The van der Waals surface area contributed by atoms with Crippen LogP contribution in [-0.4, -0.2) is 16.0 Å². The zero-order chi connectivity index (χ0) is 6.69. The van der Waals surface area contributed by atoms with Crippen molar-refractivity contribution in [2.24, 2.45) is 0 Å². The van der Waals surface area contributed by atoms with E-state index >= 15 is 0 Å². The summed E-state index contributed by atoms with van der Waals surface area (Å²) >= 11 is 0. The van der Waals surface area contributed by atoms with E-state index in [4.69, 9.17) is 4.84 Å². The van der Waals surface area contributed by atoms with Crippen LogP contribution in [-0.2, 0) is 0 Å². The highest BCUT2D eigenvalue weighted by Crippen LogP contribution is 1.83. The smallest absolute Gasteiger partial charge is 0.121 e. The molecule has 0 unspecified atom stereocenters. The van der Waals surface area contributed by atoms with Crippen LogP contribution in [0.1, 0.15) is 13.8 Å². The molecular formula is C6H9N2O. The third kappa shape index (κ3) is 1.76. The highest BCUT2D eigenvalue weighted by atomic mass is 16.7. The molecule has 0 bridgehead atoms. The number of hydrogen-bond acceptors (Lipinski definition) is 2. The van der Waals surface area contributed by atoms with Gasteiger partial charge >= 0.3 is 0 Å². The van der Waals surface area contributed by atoms with Gasteiger partial charge in [-0.1, -0.05) is 0 Å². The molecule has 1 rings (SSSR count). The van der Waals surface area contributed by atoms with Crippen LogP contribution >= 0.6 is 0 Å². The fraction of sp³-hybridized carbons (Fsp3) is 0.500. The van der Waals surface area contributed by atoms with E-state index < -0.39 is 0 Å². The van der Waals surface area contributed by atoms with Crippen LogP contribution in [0.25, 0.3) is 0 Å². The monoisotopic (exact) mass is 125 g/mol. The van der Waals surface area contributed by atoms with Crippen molar-refractivity contribution in [1.82, 2.24) is 9.94 Å². The zero-order valence-corrected chi connectivity index (χ0v) is 5.53. The lowest BCUT2D eigenvalue weighted by Crippen LogP contribution is -2.18. The summed E-state index contributed by atoms with van der Waals surface area (Å²) < 4.78 is 0. The average molecular weight is 125 g/mol. The Bertz CT molecular complexity index is 158. The van der Waals surface area contributed by atoms with Crippen LogP contribution in [0.15, 0.2) is 12.3 Å². The van der Waals surface area contributed by atoms with Crippen LogP contribution in [0.4, 0.5) is 0 Å². The summed E-state index contributed by atoms with van der Waals surface area (Å²) in [6, 6.07) is 1.70. The van der Waals surface area contributed by atoms with E-state index in [2.05, 4.69) is 11.3 Å². The van der Waals surface area contributed by atoms with Gasteiger partial charge in [0.2, 0.25) is 0 Å². The maximum atomic E-state index is 5.13. The molecule has 1 aromatic rings. The highest BCUT2D eigenvalue weighted by Gasteiger charge is 1.92. The number of aromatic nitrogens is 2. The SMILES string of the molecule is CC(C)On1cc[c]n1. The van der Waals surface area contributed by atoms with Gasteiger partial charge in [-0.15, -0.1) is 9.94 Å². The Kier molecular flexibility index (Phi) is 1.72. The Balaban J connectivity index is 2.48. The van der Waals surface area contributed by atoms with E-state index in [9.17, 15) is 0 Å². The molecule has 0 amide bonds. The topological polar surface area (TPSA) is 27.1 Å². The maximum Gasteiger partial charge on any atom is 0.121 e. The first-order valence-electron chi connectivity index (χ1n) is 2.88. The summed E-state index contributed by atoms with van der Waals surface area (Å²) in [6.45, 7) is 3.89. The molecule has 3 nitrogen and oxygen atoms in total. The molecule has 0 fully saturated rings. The molecular weight excluding hydrogens is 116 g/mol. The lowest BCUT2D eigenvalue weighted by molar-refractivity contribution is 0.0359. The number of hydrogen-bond donors (Lipinski definition) is 0. The van der Waals surface area contributed by atoms with Crippen molar-refractivity contribution in [3.63, 3.8) is 0 Å². The van der Waals surface area contributed by atoms with Crippen LogP contribution in [0.2, 0.25) is 0 Å². The molecule has 0 aromatic carbocycles. The second-order valence-corrected chi connectivity index (χ2v) is 2.00. The van der Waals surface area contributed by atoms with Gasteiger partial charge in [0, 0.05) is 0 Å². The van der Waals surface area contributed by atoms with Gasteiger partial charge in [-0.3, -0.25) is 0 Å². The standard InChI is InChI=1S/C6H9N2O/c1-6(2)9-8-5-3-4-7-8/h3,5-6H,1-2H3. The Labute approximate surface area is 54.2 Å². The molecule has 0 spiro atoms. The highest BCUT2D eigenvalue weighted by molar-refractivity contribution is 4.72. The van der Waals surface area contributed by atoms with Gasteiger partial charge in [0.25, 0.3) is 0 Å². The molecule has 0 aliphatic carbocycles. The summed E-state index contributed by atoms with van der Waals surface area (Å²) in [5.41, 5.74) is 0. The third-order valence-corrected chi connectivity index (χ3v) is 0.752. The fourth-order valence-electron chi connectivity index (χ4n) is 0.495. The van der Waals surface area contributed by atoms with Crippen LogP contribution in [0.5, 0.6) is 0 Å². The van der Waals surface area contributed by atoms with E-state index in [-0.39, 0.29) is 6.10 Å². The first-order chi connectivity index (χ1) is 4.29. The van der Waals surface area contributed by atoms with Gasteiger partial charge in [-0.25, -0.2) is 0 Å². The Morgan fingerprint density at radius 3 is 2.89 bits per heavy atom. The number of rotatable bonds is 2. The predicted molar refractivity (Wildman–Crippen MR) is 32.8 cm³/mol. The Morgan fingerprint density at radius 2 is 2.44 bits per heavy atom. The van der Waals surface area contributed by atoms with Gasteiger partial charge in [0.05, 0.1) is 6.20 Å². The average Bonchev–Trinajstić information content (AvgIpc) is 2.15. The molecule has 0 aliphatic rings. The van der Waals surface area contributed by atoms with Gasteiger partial charge in [-0.2, -0.15) is 0 Å². The molecule has 1 radical (unpaired) electrons. The summed E-state index contributed by atoms with van der Waals surface area (Å²) in [6.07, 6.45) is 4.50. The van der Waals surface area contributed by atoms with Gasteiger partial charge < -0.3 is 4.84 Å². The Hall–Kier alpha value is -0.990. The summed E-state index contributed by atoms with van der Waals surface area (Å²) in [5.74, 6) is 0. The first kappa shape index (κ1) is 6.13. The van der Waals surface area contributed by atoms with Crippen molar-refractivity contribution in [2.45, 2.75) is 20.0 Å². The second-order valence-electron chi connectivity index (χ2n) is 2.00. The van der Waals surface area contributed by atoms with E-state index in [1.807, 2.05) is 13.8 Å². The minimum Gasteiger partial charge on any atom is -0.394 e. The maximum absolute atomic E-state index is 5.13. The van der Waals surface area contributed by atoms with E-state index in [1.165, 1.54) is 4.85 Å². The lowest BCUT2D eigenvalue weighted by Gasteiger charge is -2.06. The summed E-state index contributed by atoms with van der Waals surface area (Å²) in [4.78, 5) is 6.52. The molecule has 0 atom stereocenters. The fourth-order valence-corrected chi connectivity index (χ4v) is 0.495. The summed E-state index contributed by atoms with van der Waals surface area (Å²) in [7, 11) is 0. The van der Waals surface area contributed by atoms with E-state index in [0.29, 0.717) is 0 Å². The van der Waals surface area contributed by atoms with Gasteiger partial charge in [0.15, 0.2) is 0 Å². The van der Waals surface area contributed by atoms with E-state index in [1.54, 1.807) is 12.3 Å². The molecule has 3 heteroatoms. The molecule has 1 aromatic heterocycles. The normalized spacial score (nSPS) is 10.1. The van der Waals surface area contributed by atoms with Crippen LogP contribution < -0.4 is 4.84 Å². The van der Waals surface area contributed by atoms with Crippen LogP contribution in [0.3, 0.4) is 0 Å². The van der Waals surface area contributed by atoms with Crippen molar-refractivity contribution in [1.29, 1.82) is 0 Å². The summed E-state index contributed by atoms with van der Waals surface area (Å²) in [5, 5.41) is 3.73. The molecule has 1 heterocycles. The van der Waals surface area contributed by atoms with E-state index in [0.717, 1.165) is 0 Å². The van der Waals surface area contributed by atoms with Gasteiger partial charge in [-0.05, 0) is 19.9 Å². The molecule has 0 N–H and O–H groups in total. The van der Waals surface area contributed by atoms with Crippen molar-refractivity contribution in [3.8, 4) is 0 Å². The quantitative estimate of drug-likeness (QED) is 0.576. The Morgan fingerprint density at radius 1 is 1.67 bits per heavy atom. The van der Waals surface area contributed by atoms with Crippen molar-refractivity contribution >= 4 is 0 Å². The van der Waals surface area contributed by atoms with Crippen molar-refractivity contribution in [3.05, 3.63) is 18.5 Å². The first-order valence-corrected chi connectivity index (χ1v) is 2.88. The third-order valence-electron chi connectivity index (χ3n) is 0.752.